The molecule has 4 aromatic rings. The van der Waals surface area contributed by atoms with E-state index in [1.165, 1.54) is 46.1 Å². The Labute approximate surface area is 187 Å². The van der Waals surface area contributed by atoms with E-state index in [0.717, 1.165) is 10.4 Å². The van der Waals surface area contributed by atoms with Crippen LogP contribution in [0.3, 0.4) is 0 Å². The number of rotatable bonds is 7. The summed E-state index contributed by atoms with van der Waals surface area (Å²) in [5.74, 6) is 0.0617. The van der Waals surface area contributed by atoms with Crippen molar-refractivity contribution in [2.24, 2.45) is 0 Å². The number of aryl methyl sites for hydroxylation is 2. The maximum atomic E-state index is 13.0. The van der Waals surface area contributed by atoms with Crippen molar-refractivity contribution >= 4 is 27.9 Å². The molecule has 9 heteroatoms. The van der Waals surface area contributed by atoms with Crippen molar-refractivity contribution in [2.45, 2.75) is 20.5 Å². The first-order valence-corrected chi connectivity index (χ1v) is 10.6. The van der Waals surface area contributed by atoms with Crippen LogP contribution >= 0.6 is 11.3 Å². The van der Waals surface area contributed by atoms with Gasteiger partial charge in [-0.25, -0.2) is 9.37 Å². The molecule has 4 rings (SSSR count). The Morgan fingerprint density at radius 1 is 1.12 bits per heavy atom. The summed E-state index contributed by atoms with van der Waals surface area (Å²) in [5, 5.41) is 2.75. The zero-order valence-corrected chi connectivity index (χ0v) is 18.2. The number of carbonyl (C=O) groups excluding carboxylic acids is 1. The number of benzene rings is 2. The van der Waals surface area contributed by atoms with Crippen LogP contribution in [0, 0.1) is 19.7 Å². The van der Waals surface area contributed by atoms with E-state index in [9.17, 15) is 14.0 Å². The number of nitrogens with zero attached hydrogens (tertiary/aromatic N) is 2. The highest BCUT2D eigenvalue weighted by molar-refractivity contribution is 7.16. The smallest absolute Gasteiger partial charge is 0.262 e. The lowest BCUT2D eigenvalue weighted by Crippen LogP contribution is -2.20. The first kappa shape index (κ1) is 21.5. The van der Waals surface area contributed by atoms with Gasteiger partial charge in [-0.05, 0) is 55.8 Å². The fraction of sp³-hybridized carbons (Fsp3) is 0.174. The molecule has 0 aliphatic rings. The molecule has 0 aliphatic carbocycles. The molecule has 0 bridgehead atoms. The highest BCUT2D eigenvalue weighted by atomic mass is 32.1. The summed E-state index contributed by atoms with van der Waals surface area (Å²) < 4.78 is 25.7. The standard InChI is InChI=1S/C23H20FN3O4S/c1-14-3-8-19(26-21(28)13-30-18-6-4-16(24)5-7-18)20(9-14)31-12-17-10-22(29)27-11-15(2)32-23(27)25-17/h3-11H,12-13H2,1-2H3,(H,26,28). The van der Waals surface area contributed by atoms with Crippen LogP contribution in [-0.2, 0) is 11.4 Å². The van der Waals surface area contributed by atoms with Gasteiger partial charge in [0.2, 0.25) is 0 Å². The number of nitrogens with one attached hydrogen (secondary N) is 1. The molecule has 0 radical (unpaired) electrons. The molecule has 7 nitrogen and oxygen atoms in total. The van der Waals surface area contributed by atoms with E-state index >= 15 is 0 Å². The number of halogens is 1. The highest BCUT2D eigenvalue weighted by Crippen LogP contribution is 2.27. The fourth-order valence-corrected chi connectivity index (χ4v) is 3.85. The molecule has 0 atom stereocenters. The normalized spacial score (nSPS) is 10.8. The van der Waals surface area contributed by atoms with Crippen molar-refractivity contribution < 1.29 is 18.7 Å². The SMILES string of the molecule is Cc1ccc(NC(=O)COc2ccc(F)cc2)c(OCc2cc(=O)n3cc(C)sc3n2)c1. The molecule has 0 spiro atoms. The molecule has 2 aromatic carbocycles. The second-order valence-corrected chi connectivity index (χ2v) is 8.37. The van der Waals surface area contributed by atoms with Crippen LogP contribution in [-0.4, -0.2) is 21.9 Å². The lowest BCUT2D eigenvalue weighted by molar-refractivity contribution is -0.118. The minimum atomic E-state index is -0.394. The highest BCUT2D eigenvalue weighted by Gasteiger charge is 2.11. The number of thiazole rings is 1. The van der Waals surface area contributed by atoms with Crippen LogP contribution in [0.1, 0.15) is 16.1 Å². The Bertz CT molecular complexity index is 1330. The van der Waals surface area contributed by atoms with Gasteiger partial charge in [-0.1, -0.05) is 6.07 Å². The fourth-order valence-electron chi connectivity index (χ4n) is 3.00. The summed E-state index contributed by atoms with van der Waals surface area (Å²) in [4.78, 5) is 30.7. The predicted octanol–water partition coefficient (Wildman–Crippen LogP) is 4.11. The van der Waals surface area contributed by atoms with Gasteiger partial charge < -0.3 is 14.8 Å². The Morgan fingerprint density at radius 3 is 2.69 bits per heavy atom. The van der Waals surface area contributed by atoms with Gasteiger partial charge in [0, 0.05) is 17.1 Å². The lowest BCUT2D eigenvalue weighted by Gasteiger charge is -2.14. The van der Waals surface area contributed by atoms with E-state index in [4.69, 9.17) is 9.47 Å². The quantitative estimate of drug-likeness (QED) is 0.456. The van der Waals surface area contributed by atoms with Gasteiger partial charge >= 0.3 is 0 Å². The van der Waals surface area contributed by atoms with E-state index in [1.807, 2.05) is 19.9 Å². The Balaban J connectivity index is 1.44. The maximum Gasteiger partial charge on any atom is 0.262 e. The number of hydrogen-bond acceptors (Lipinski definition) is 6. The minimum absolute atomic E-state index is 0.0705. The van der Waals surface area contributed by atoms with E-state index < -0.39 is 5.91 Å². The van der Waals surface area contributed by atoms with Crippen molar-refractivity contribution in [2.75, 3.05) is 11.9 Å². The second-order valence-electron chi connectivity index (χ2n) is 7.16. The number of carbonyl (C=O) groups is 1. The summed E-state index contributed by atoms with van der Waals surface area (Å²) in [6.07, 6.45) is 1.75. The average molecular weight is 453 g/mol. The van der Waals surface area contributed by atoms with E-state index in [2.05, 4.69) is 10.3 Å². The molecule has 1 amide bonds. The number of anilines is 1. The molecular formula is C23H20FN3O4S. The molecule has 164 valence electrons. The third-order valence-corrected chi connectivity index (χ3v) is 5.40. The lowest BCUT2D eigenvalue weighted by atomic mass is 10.2. The number of aromatic nitrogens is 2. The molecule has 32 heavy (non-hydrogen) atoms. The monoisotopic (exact) mass is 453 g/mol. The van der Waals surface area contributed by atoms with Crippen molar-refractivity contribution in [3.8, 4) is 11.5 Å². The van der Waals surface area contributed by atoms with Crippen LogP contribution in [0.4, 0.5) is 10.1 Å². The number of hydrogen-bond donors (Lipinski definition) is 1. The molecule has 0 saturated carbocycles. The van der Waals surface area contributed by atoms with Gasteiger partial charge in [-0.3, -0.25) is 14.0 Å². The van der Waals surface area contributed by atoms with Crippen molar-refractivity contribution in [3.05, 3.63) is 87.0 Å². The Morgan fingerprint density at radius 2 is 1.91 bits per heavy atom. The minimum Gasteiger partial charge on any atom is -0.485 e. The van der Waals surface area contributed by atoms with Crippen LogP contribution in [0.5, 0.6) is 11.5 Å². The van der Waals surface area contributed by atoms with Gasteiger partial charge in [-0.15, -0.1) is 11.3 Å². The summed E-state index contributed by atoms with van der Waals surface area (Å²) in [5.41, 5.74) is 1.73. The van der Waals surface area contributed by atoms with Crippen molar-refractivity contribution in [1.29, 1.82) is 0 Å². The molecule has 0 fully saturated rings. The van der Waals surface area contributed by atoms with Gasteiger partial charge in [0.1, 0.15) is 23.9 Å². The topological polar surface area (TPSA) is 81.9 Å². The summed E-state index contributed by atoms with van der Waals surface area (Å²) in [6, 6.07) is 12.2. The van der Waals surface area contributed by atoms with Crippen LogP contribution in [0.2, 0.25) is 0 Å². The summed E-state index contributed by atoms with van der Waals surface area (Å²) >= 11 is 1.43. The molecule has 0 saturated heterocycles. The summed E-state index contributed by atoms with van der Waals surface area (Å²) in [7, 11) is 0. The third-order valence-electron chi connectivity index (χ3n) is 4.51. The third kappa shape index (κ3) is 5.12. The Kier molecular flexibility index (Phi) is 6.18. The summed E-state index contributed by atoms with van der Waals surface area (Å²) in [6.45, 7) is 3.64. The van der Waals surface area contributed by atoms with Gasteiger partial charge in [-0.2, -0.15) is 0 Å². The number of amides is 1. The number of ether oxygens (including phenoxy) is 2. The van der Waals surface area contributed by atoms with E-state index in [-0.39, 0.29) is 24.6 Å². The predicted molar refractivity (Wildman–Crippen MR) is 120 cm³/mol. The molecule has 0 aliphatic heterocycles. The largest absolute Gasteiger partial charge is 0.485 e. The average Bonchev–Trinajstić information content (AvgIpc) is 3.14. The van der Waals surface area contributed by atoms with Crippen molar-refractivity contribution in [1.82, 2.24) is 9.38 Å². The molecule has 2 aromatic heterocycles. The first-order valence-electron chi connectivity index (χ1n) is 9.78. The zero-order valence-electron chi connectivity index (χ0n) is 17.4. The van der Waals surface area contributed by atoms with Gasteiger partial charge in [0.15, 0.2) is 11.6 Å². The van der Waals surface area contributed by atoms with E-state index in [0.29, 0.717) is 27.8 Å². The first-order chi connectivity index (χ1) is 15.4. The second kappa shape index (κ2) is 9.19. The zero-order chi connectivity index (χ0) is 22.7. The van der Waals surface area contributed by atoms with Crippen LogP contribution < -0.4 is 20.3 Å². The van der Waals surface area contributed by atoms with E-state index in [1.54, 1.807) is 18.3 Å². The molecule has 1 N–H and O–H groups in total. The van der Waals surface area contributed by atoms with Crippen LogP contribution in [0.15, 0.2) is 59.5 Å². The van der Waals surface area contributed by atoms with Gasteiger partial charge in [0.25, 0.3) is 11.5 Å². The van der Waals surface area contributed by atoms with Crippen LogP contribution in [0.25, 0.3) is 4.96 Å². The Hall–Kier alpha value is -3.72. The number of fused-ring (bicyclic) bond motifs is 1. The molecular weight excluding hydrogens is 433 g/mol. The van der Waals surface area contributed by atoms with Gasteiger partial charge in [0.05, 0.1) is 11.4 Å². The molecule has 0 unspecified atom stereocenters. The van der Waals surface area contributed by atoms with Crippen molar-refractivity contribution in [3.63, 3.8) is 0 Å². The molecule has 2 heterocycles. The maximum absolute atomic E-state index is 13.0.